The highest BCUT2D eigenvalue weighted by Gasteiger charge is 2.28. The summed E-state index contributed by atoms with van der Waals surface area (Å²) in [6.07, 6.45) is -1.11. The molecular formula is C12H15NO5. The maximum atomic E-state index is 10.4. The third kappa shape index (κ3) is 2.77. The van der Waals surface area contributed by atoms with Gasteiger partial charge in [-0.05, 0) is 17.7 Å². The van der Waals surface area contributed by atoms with Crippen molar-refractivity contribution in [3.8, 4) is 5.75 Å². The molecule has 6 heteroatoms. The lowest BCUT2D eigenvalue weighted by Gasteiger charge is -2.32. The Bertz CT molecular complexity index is 472. The Morgan fingerprint density at radius 1 is 1.56 bits per heavy atom. The van der Waals surface area contributed by atoms with Crippen molar-refractivity contribution in [3.05, 3.63) is 39.4 Å². The minimum Gasteiger partial charge on any atom is -0.463 e. The van der Waals surface area contributed by atoms with Crippen molar-refractivity contribution >= 4 is 0 Å². The van der Waals surface area contributed by atoms with Gasteiger partial charge in [0.05, 0.1) is 6.61 Å². The van der Waals surface area contributed by atoms with E-state index in [1.54, 1.807) is 18.2 Å². The zero-order valence-corrected chi connectivity index (χ0v) is 10.3. The highest BCUT2D eigenvalue weighted by Crippen LogP contribution is 2.32. The second-order valence-corrected chi connectivity index (χ2v) is 4.69. The van der Waals surface area contributed by atoms with Gasteiger partial charge in [-0.3, -0.25) is 10.1 Å². The smallest absolute Gasteiger partial charge is 0.233 e. The third-order valence-electron chi connectivity index (χ3n) is 2.72. The summed E-state index contributed by atoms with van der Waals surface area (Å²) in [5.41, 5.74) is 1.28. The number of nitro groups is 1. The van der Waals surface area contributed by atoms with Crippen LogP contribution in [-0.2, 0) is 11.3 Å². The molecule has 18 heavy (non-hydrogen) atoms. The fourth-order valence-corrected chi connectivity index (χ4v) is 1.81. The van der Waals surface area contributed by atoms with E-state index in [1.165, 1.54) is 0 Å². The predicted molar refractivity (Wildman–Crippen MR) is 62.8 cm³/mol. The molecule has 0 bridgehead atoms. The molecule has 2 rings (SSSR count). The number of ether oxygens (including phenoxy) is 2. The number of rotatable bonds is 3. The average Bonchev–Trinajstić information content (AvgIpc) is 2.26. The van der Waals surface area contributed by atoms with E-state index in [0.29, 0.717) is 17.9 Å². The summed E-state index contributed by atoms with van der Waals surface area (Å²) in [6, 6.07) is 5.02. The minimum absolute atomic E-state index is 0.362. The molecule has 1 atom stereocenters. The maximum Gasteiger partial charge on any atom is 0.233 e. The van der Waals surface area contributed by atoms with Crippen LogP contribution in [0, 0.1) is 10.1 Å². The van der Waals surface area contributed by atoms with Crippen molar-refractivity contribution in [3.63, 3.8) is 0 Å². The van der Waals surface area contributed by atoms with Crippen LogP contribution in [0.2, 0.25) is 0 Å². The number of aliphatic hydroxyl groups is 1. The van der Waals surface area contributed by atoms with Crippen LogP contribution >= 0.6 is 0 Å². The van der Waals surface area contributed by atoms with E-state index in [2.05, 4.69) is 0 Å². The molecule has 0 saturated carbocycles. The molecule has 1 aromatic rings. The average molecular weight is 253 g/mol. The largest absolute Gasteiger partial charge is 0.463 e. The predicted octanol–water partition coefficient (Wildman–Crippen LogP) is 1.64. The summed E-state index contributed by atoms with van der Waals surface area (Å²) < 4.78 is 11.1. The summed E-state index contributed by atoms with van der Waals surface area (Å²) in [6.45, 7) is 3.48. The Hall–Kier alpha value is -1.66. The van der Waals surface area contributed by atoms with Gasteiger partial charge in [-0.25, -0.2) is 0 Å². The molecular weight excluding hydrogens is 238 g/mol. The zero-order valence-electron chi connectivity index (χ0n) is 10.3. The van der Waals surface area contributed by atoms with E-state index in [9.17, 15) is 15.2 Å². The van der Waals surface area contributed by atoms with Crippen molar-refractivity contribution < 1.29 is 19.5 Å². The molecule has 0 fully saturated rings. The molecule has 1 N–H and O–H groups in total. The van der Waals surface area contributed by atoms with Gasteiger partial charge in [-0.15, -0.1) is 0 Å². The van der Waals surface area contributed by atoms with Gasteiger partial charge in [0, 0.05) is 24.3 Å². The van der Waals surface area contributed by atoms with Crippen LogP contribution in [0.1, 0.15) is 31.1 Å². The Morgan fingerprint density at radius 2 is 2.28 bits per heavy atom. The first-order chi connectivity index (χ1) is 8.37. The van der Waals surface area contributed by atoms with Gasteiger partial charge in [-0.1, -0.05) is 6.07 Å². The fourth-order valence-electron chi connectivity index (χ4n) is 1.81. The van der Waals surface area contributed by atoms with Crippen molar-refractivity contribution in [2.75, 3.05) is 6.54 Å². The molecule has 0 unspecified atom stereocenters. The molecule has 1 aliphatic heterocycles. The van der Waals surface area contributed by atoms with Crippen LogP contribution < -0.4 is 4.74 Å². The van der Waals surface area contributed by atoms with Crippen LogP contribution in [0.25, 0.3) is 0 Å². The first-order valence-electron chi connectivity index (χ1n) is 5.63. The molecule has 1 aromatic carbocycles. The first kappa shape index (κ1) is 12.8. The summed E-state index contributed by atoms with van der Waals surface area (Å²) in [5.74, 6) is 0.0110. The van der Waals surface area contributed by atoms with Crippen molar-refractivity contribution in [1.29, 1.82) is 0 Å². The Kier molecular flexibility index (Phi) is 3.23. The second kappa shape index (κ2) is 4.55. The van der Waals surface area contributed by atoms with Gasteiger partial charge in [0.25, 0.3) is 0 Å². The highest BCUT2D eigenvalue weighted by molar-refractivity contribution is 5.39. The minimum atomic E-state index is -1.11. The topological polar surface area (TPSA) is 81.8 Å². The molecule has 0 aromatic heterocycles. The number of hydrogen-bond donors (Lipinski definition) is 1. The standard InChI is InChI=1S/C12H15NO5/c1-12(2)17-7-9-5-8(3-4-11(9)18-12)10(14)6-13(15)16/h3-5,10,14H,6-7H2,1-2H3/t10-/m0/s1. The lowest BCUT2D eigenvalue weighted by atomic mass is 10.0. The number of fused-ring (bicyclic) bond motifs is 1. The molecule has 0 spiro atoms. The summed E-state index contributed by atoms with van der Waals surface area (Å²) in [7, 11) is 0. The lowest BCUT2D eigenvalue weighted by molar-refractivity contribution is -0.491. The van der Waals surface area contributed by atoms with E-state index in [0.717, 1.165) is 5.56 Å². The molecule has 0 radical (unpaired) electrons. The van der Waals surface area contributed by atoms with Crippen molar-refractivity contribution in [2.45, 2.75) is 32.3 Å². The quantitative estimate of drug-likeness (QED) is 0.654. The van der Waals surface area contributed by atoms with Crippen LogP contribution in [0.3, 0.4) is 0 Å². The van der Waals surface area contributed by atoms with Gasteiger partial charge in [0.2, 0.25) is 12.3 Å². The van der Waals surface area contributed by atoms with Crippen LogP contribution in [0.5, 0.6) is 5.75 Å². The number of hydrogen-bond acceptors (Lipinski definition) is 5. The number of nitrogens with zero attached hydrogens (tertiary/aromatic N) is 1. The van der Waals surface area contributed by atoms with Gasteiger partial charge >= 0.3 is 0 Å². The maximum absolute atomic E-state index is 10.4. The van der Waals surface area contributed by atoms with E-state index in [-0.39, 0.29) is 0 Å². The Morgan fingerprint density at radius 3 is 2.94 bits per heavy atom. The van der Waals surface area contributed by atoms with Gasteiger partial charge in [0.15, 0.2) is 0 Å². The Labute approximate surface area is 104 Å². The zero-order chi connectivity index (χ0) is 13.3. The normalized spacial score (nSPS) is 18.6. The third-order valence-corrected chi connectivity index (χ3v) is 2.72. The SMILES string of the molecule is CC1(C)OCc2cc([C@@H](O)C[N+](=O)[O-])ccc2O1. The molecule has 0 amide bonds. The van der Waals surface area contributed by atoms with Crippen molar-refractivity contribution in [2.24, 2.45) is 0 Å². The molecule has 1 aliphatic rings. The Balaban J connectivity index is 2.21. The molecule has 6 nitrogen and oxygen atoms in total. The van der Waals surface area contributed by atoms with Crippen LogP contribution in [-0.4, -0.2) is 22.4 Å². The van der Waals surface area contributed by atoms with Crippen molar-refractivity contribution in [1.82, 2.24) is 0 Å². The number of aliphatic hydroxyl groups excluding tert-OH is 1. The molecule has 1 heterocycles. The van der Waals surface area contributed by atoms with E-state index in [4.69, 9.17) is 9.47 Å². The molecule has 98 valence electrons. The fraction of sp³-hybridized carbons (Fsp3) is 0.500. The first-order valence-corrected chi connectivity index (χ1v) is 5.63. The monoisotopic (exact) mass is 253 g/mol. The van der Waals surface area contributed by atoms with Crippen LogP contribution in [0.4, 0.5) is 0 Å². The highest BCUT2D eigenvalue weighted by atomic mass is 16.7. The van der Waals surface area contributed by atoms with E-state index < -0.39 is 23.4 Å². The van der Waals surface area contributed by atoms with Gasteiger partial charge in [-0.2, -0.15) is 0 Å². The van der Waals surface area contributed by atoms with Gasteiger partial charge < -0.3 is 14.6 Å². The number of benzene rings is 1. The van der Waals surface area contributed by atoms with E-state index >= 15 is 0 Å². The lowest BCUT2D eigenvalue weighted by Crippen LogP contribution is -2.35. The summed E-state index contributed by atoms with van der Waals surface area (Å²) >= 11 is 0. The summed E-state index contributed by atoms with van der Waals surface area (Å²) in [5, 5.41) is 20.0. The molecule has 0 aliphatic carbocycles. The van der Waals surface area contributed by atoms with Crippen LogP contribution in [0.15, 0.2) is 18.2 Å². The van der Waals surface area contributed by atoms with Gasteiger partial charge in [0.1, 0.15) is 11.9 Å². The van der Waals surface area contributed by atoms with E-state index in [1.807, 2.05) is 13.8 Å². The second-order valence-electron chi connectivity index (χ2n) is 4.69. The molecule has 0 saturated heterocycles. The summed E-state index contributed by atoms with van der Waals surface area (Å²) in [4.78, 5) is 9.81.